The first-order chi connectivity index (χ1) is 13.4. The van der Waals surface area contributed by atoms with Crippen LogP contribution in [0.5, 0.6) is 5.95 Å². The quantitative estimate of drug-likeness (QED) is 0.150. The van der Waals surface area contributed by atoms with Crippen molar-refractivity contribution in [3.63, 3.8) is 0 Å². The molecule has 158 valence electrons. The topological polar surface area (TPSA) is 39.4 Å². The van der Waals surface area contributed by atoms with Gasteiger partial charge in [-0.2, -0.15) is 0 Å². The number of hydrogen-bond donors (Lipinski definition) is 0. The van der Waals surface area contributed by atoms with E-state index in [4.69, 9.17) is 9.15 Å². The van der Waals surface area contributed by atoms with Crippen LogP contribution in [0.3, 0.4) is 0 Å². The van der Waals surface area contributed by atoms with Crippen molar-refractivity contribution in [2.45, 2.75) is 92.9 Å². The van der Waals surface area contributed by atoms with Crippen molar-refractivity contribution in [1.82, 2.24) is 0 Å². The predicted molar refractivity (Wildman–Crippen MR) is 121 cm³/mol. The number of carbonyl (C=O) groups is 1. The first kappa shape index (κ1) is 25.1. The van der Waals surface area contributed by atoms with Gasteiger partial charge in [-0.1, -0.05) is 0 Å². The summed E-state index contributed by atoms with van der Waals surface area (Å²) in [5.41, 5.74) is 2.40. The summed E-state index contributed by atoms with van der Waals surface area (Å²) in [4.78, 5) is 12.5. The summed E-state index contributed by atoms with van der Waals surface area (Å²) in [6.45, 7) is 11.1. The molecule has 1 aromatic heterocycles. The molecule has 1 heterocycles. The van der Waals surface area contributed by atoms with E-state index in [1.54, 1.807) is 12.1 Å². The van der Waals surface area contributed by atoms with E-state index in [0.717, 1.165) is 5.57 Å². The minimum atomic E-state index is -2.47. The van der Waals surface area contributed by atoms with E-state index < -0.39 is 18.4 Å². The van der Waals surface area contributed by atoms with Crippen molar-refractivity contribution in [2.24, 2.45) is 0 Å². The summed E-state index contributed by atoms with van der Waals surface area (Å²) >= 11 is -2.47. The second kappa shape index (κ2) is 14.1. The number of carbonyl (C=O) groups excluding carboxylic acids is 1. The predicted octanol–water partition coefficient (Wildman–Crippen LogP) is 7.86. The SMILES string of the molecule is CCC[CH2][Sn](/[CH]=C(\C=C(C)C)CC(=O)Oc1ccco1)([CH2]CCC)[CH2]CCC. The van der Waals surface area contributed by atoms with Gasteiger partial charge < -0.3 is 0 Å². The molecule has 4 heteroatoms. The van der Waals surface area contributed by atoms with Crippen LogP contribution in [-0.4, -0.2) is 24.3 Å². The van der Waals surface area contributed by atoms with E-state index in [-0.39, 0.29) is 11.9 Å². The standard InChI is InChI=1S/C12H13O3.3C4H9.Sn/c1-9(2)7-10(3)8-11(13)15-12-5-4-6-14-12;3*1-3-4-2;/h3-7H,8H2,1-2H3;3*1,3-4H2,2H3;. The van der Waals surface area contributed by atoms with Crippen molar-refractivity contribution in [2.75, 3.05) is 0 Å². The van der Waals surface area contributed by atoms with Gasteiger partial charge in [-0.05, 0) is 0 Å². The maximum atomic E-state index is 12.5. The Hall–Kier alpha value is -0.971. The Balaban J connectivity index is 3.12. The first-order valence-corrected chi connectivity index (χ1v) is 18.8. The zero-order valence-corrected chi connectivity index (χ0v) is 21.5. The summed E-state index contributed by atoms with van der Waals surface area (Å²) in [5, 5.41) is 0. The molecule has 1 aromatic rings. The van der Waals surface area contributed by atoms with E-state index in [9.17, 15) is 4.79 Å². The number of esters is 1. The molecule has 0 N–H and O–H groups in total. The van der Waals surface area contributed by atoms with Gasteiger partial charge in [0, 0.05) is 0 Å². The third-order valence-corrected chi connectivity index (χ3v) is 19.5. The molecule has 0 aliphatic rings. The number of ether oxygens (including phenoxy) is 1. The molecular formula is C24H40O3Sn. The van der Waals surface area contributed by atoms with Gasteiger partial charge in [0.2, 0.25) is 0 Å². The molecular weight excluding hydrogens is 455 g/mol. The van der Waals surface area contributed by atoms with Crippen LogP contribution in [0.25, 0.3) is 0 Å². The van der Waals surface area contributed by atoms with Gasteiger partial charge in [0.1, 0.15) is 0 Å². The first-order valence-electron chi connectivity index (χ1n) is 11.1. The Morgan fingerprint density at radius 3 is 2.04 bits per heavy atom. The molecule has 0 aliphatic carbocycles. The minimum absolute atomic E-state index is 0.236. The average molecular weight is 495 g/mol. The zero-order chi connectivity index (χ0) is 20.8. The average Bonchev–Trinajstić information content (AvgIpc) is 3.15. The Morgan fingerprint density at radius 1 is 1.04 bits per heavy atom. The Kier molecular flexibility index (Phi) is 12.6. The molecule has 0 aliphatic heterocycles. The van der Waals surface area contributed by atoms with Gasteiger partial charge in [0.15, 0.2) is 0 Å². The van der Waals surface area contributed by atoms with Crippen LogP contribution in [0, 0.1) is 0 Å². The molecule has 0 atom stereocenters. The van der Waals surface area contributed by atoms with Crippen LogP contribution in [-0.2, 0) is 4.79 Å². The van der Waals surface area contributed by atoms with Gasteiger partial charge in [0.25, 0.3) is 0 Å². The zero-order valence-electron chi connectivity index (χ0n) is 18.7. The van der Waals surface area contributed by atoms with E-state index in [0.29, 0.717) is 6.42 Å². The molecule has 1 rings (SSSR count). The van der Waals surface area contributed by atoms with Crippen LogP contribution in [0.15, 0.2) is 44.1 Å². The van der Waals surface area contributed by atoms with Gasteiger partial charge in [-0.15, -0.1) is 0 Å². The van der Waals surface area contributed by atoms with Crippen molar-refractivity contribution in [3.05, 3.63) is 39.7 Å². The molecule has 3 nitrogen and oxygen atoms in total. The summed E-state index contributed by atoms with van der Waals surface area (Å²) in [5.74, 6) is 0.0413. The monoisotopic (exact) mass is 496 g/mol. The van der Waals surface area contributed by atoms with E-state index >= 15 is 0 Å². The summed E-state index contributed by atoms with van der Waals surface area (Å²) in [6.07, 6.45) is 11.8. The molecule has 28 heavy (non-hydrogen) atoms. The summed E-state index contributed by atoms with van der Waals surface area (Å²) in [7, 11) is 0. The number of hydrogen-bond acceptors (Lipinski definition) is 3. The van der Waals surface area contributed by atoms with Crippen LogP contribution in [0.2, 0.25) is 13.3 Å². The van der Waals surface area contributed by atoms with Crippen LogP contribution in [0.4, 0.5) is 0 Å². The van der Waals surface area contributed by atoms with Gasteiger partial charge in [0.05, 0.1) is 0 Å². The van der Waals surface area contributed by atoms with E-state index in [1.165, 1.54) is 63.7 Å². The van der Waals surface area contributed by atoms with Gasteiger partial charge >= 0.3 is 177 Å². The van der Waals surface area contributed by atoms with Crippen molar-refractivity contribution < 1.29 is 13.9 Å². The second-order valence-corrected chi connectivity index (χ2v) is 21.1. The molecule has 0 saturated carbocycles. The molecule has 0 saturated heterocycles. The fourth-order valence-electron chi connectivity index (χ4n) is 3.72. The van der Waals surface area contributed by atoms with E-state index in [1.807, 2.05) is 0 Å². The van der Waals surface area contributed by atoms with Crippen molar-refractivity contribution in [3.8, 4) is 5.95 Å². The maximum absolute atomic E-state index is 12.5. The van der Waals surface area contributed by atoms with Crippen LogP contribution in [0.1, 0.15) is 79.6 Å². The molecule has 0 fully saturated rings. The molecule has 0 unspecified atom stereocenters. The summed E-state index contributed by atoms with van der Waals surface area (Å²) < 4.78 is 17.4. The Labute approximate surface area is 176 Å². The van der Waals surface area contributed by atoms with Gasteiger partial charge in [-0.3, -0.25) is 0 Å². The molecule has 0 bridgehead atoms. The number of furan rings is 1. The number of unbranched alkanes of at least 4 members (excludes halogenated alkanes) is 3. The number of rotatable bonds is 14. The second-order valence-electron chi connectivity index (χ2n) is 8.20. The van der Waals surface area contributed by atoms with Gasteiger partial charge in [-0.25, -0.2) is 0 Å². The van der Waals surface area contributed by atoms with Crippen LogP contribution < -0.4 is 4.74 Å². The molecule has 0 amide bonds. The fraction of sp³-hybridized carbons (Fsp3) is 0.625. The Morgan fingerprint density at radius 2 is 1.61 bits per heavy atom. The molecule has 0 aromatic carbocycles. The van der Waals surface area contributed by atoms with Crippen molar-refractivity contribution >= 4 is 24.3 Å². The van der Waals surface area contributed by atoms with Crippen molar-refractivity contribution in [1.29, 1.82) is 0 Å². The van der Waals surface area contributed by atoms with E-state index in [2.05, 4.69) is 44.8 Å². The third-order valence-electron chi connectivity index (χ3n) is 5.11. The Bertz CT molecular complexity index is 588. The number of allylic oxidation sites excluding steroid dienone is 2. The normalized spacial score (nSPS) is 12.1. The fourth-order valence-corrected chi connectivity index (χ4v) is 18.9. The van der Waals surface area contributed by atoms with Crippen LogP contribution >= 0.6 is 0 Å². The molecule has 0 spiro atoms. The third kappa shape index (κ3) is 9.99. The summed E-state index contributed by atoms with van der Waals surface area (Å²) in [6, 6.07) is 3.41. The molecule has 0 radical (unpaired) electrons.